The van der Waals surface area contributed by atoms with Gasteiger partial charge in [-0.3, -0.25) is 0 Å². The molecule has 0 spiro atoms. The van der Waals surface area contributed by atoms with Gasteiger partial charge in [-0.15, -0.1) is 0 Å². The Balaban J connectivity index is 2.37. The Hall–Kier alpha value is -2.37. The summed E-state index contributed by atoms with van der Waals surface area (Å²) < 4.78 is 10.7. The Morgan fingerprint density at radius 2 is 1.81 bits per heavy atom. The molecule has 1 heterocycles. The molecule has 6 heteroatoms. The van der Waals surface area contributed by atoms with Crippen LogP contribution in [0.15, 0.2) is 24.3 Å². The van der Waals surface area contributed by atoms with Crippen molar-refractivity contribution in [3.05, 3.63) is 24.3 Å². The van der Waals surface area contributed by atoms with Crippen molar-refractivity contribution in [3.63, 3.8) is 0 Å². The first-order valence-electron chi connectivity index (χ1n) is 6.93. The Morgan fingerprint density at radius 3 is 2.38 bits per heavy atom. The summed E-state index contributed by atoms with van der Waals surface area (Å²) in [6.45, 7) is 6.58. The highest BCUT2D eigenvalue weighted by Gasteiger charge is 2.10. The number of nitrogens with one attached hydrogen (secondary N) is 1. The molecule has 1 aromatic heterocycles. The Labute approximate surface area is 124 Å². The molecule has 0 bridgehead atoms. The highest BCUT2D eigenvalue weighted by atomic mass is 16.5. The van der Waals surface area contributed by atoms with Gasteiger partial charge in [0.1, 0.15) is 5.75 Å². The monoisotopic (exact) mass is 288 g/mol. The number of hydrogen-bond donors (Lipinski definition) is 1. The van der Waals surface area contributed by atoms with E-state index in [2.05, 4.69) is 20.3 Å². The van der Waals surface area contributed by atoms with E-state index in [1.54, 1.807) is 7.11 Å². The normalized spacial score (nSPS) is 10.5. The fourth-order valence-corrected chi connectivity index (χ4v) is 1.73. The summed E-state index contributed by atoms with van der Waals surface area (Å²) in [6.07, 6.45) is 0.00518. The van der Waals surface area contributed by atoms with Crippen molar-refractivity contribution in [1.29, 1.82) is 0 Å². The zero-order valence-corrected chi connectivity index (χ0v) is 12.8. The molecular formula is C15H20N4O2. The van der Waals surface area contributed by atoms with E-state index in [1.165, 1.54) is 0 Å². The van der Waals surface area contributed by atoms with Gasteiger partial charge in [-0.2, -0.15) is 15.0 Å². The average Bonchev–Trinajstić information content (AvgIpc) is 2.47. The van der Waals surface area contributed by atoms with Crippen LogP contribution in [-0.4, -0.2) is 34.7 Å². The minimum atomic E-state index is 0.00518. The molecule has 1 N–H and O–H groups in total. The van der Waals surface area contributed by atoms with Crippen molar-refractivity contribution in [1.82, 2.24) is 15.0 Å². The van der Waals surface area contributed by atoms with Crippen LogP contribution in [0, 0.1) is 0 Å². The first-order valence-corrected chi connectivity index (χ1v) is 6.93. The lowest BCUT2D eigenvalue weighted by Crippen LogP contribution is -2.12. The maximum atomic E-state index is 5.58. The van der Waals surface area contributed by atoms with E-state index in [0.29, 0.717) is 17.8 Å². The summed E-state index contributed by atoms with van der Waals surface area (Å²) in [6, 6.07) is 7.87. The molecular weight excluding hydrogens is 268 g/mol. The van der Waals surface area contributed by atoms with Gasteiger partial charge in [-0.25, -0.2) is 0 Å². The third kappa shape index (κ3) is 4.05. The van der Waals surface area contributed by atoms with Crippen LogP contribution >= 0.6 is 0 Å². The van der Waals surface area contributed by atoms with Crippen molar-refractivity contribution in [2.45, 2.75) is 26.9 Å². The van der Waals surface area contributed by atoms with Gasteiger partial charge >= 0.3 is 6.01 Å². The van der Waals surface area contributed by atoms with Crippen molar-refractivity contribution in [2.24, 2.45) is 0 Å². The van der Waals surface area contributed by atoms with E-state index in [-0.39, 0.29) is 6.10 Å². The molecule has 0 atom stereocenters. The third-order valence-corrected chi connectivity index (χ3v) is 2.64. The zero-order chi connectivity index (χ0) is 15.2. The summed E-state index contributed by atoms with van der Waals surface area (Å²) >= 11 is 0. The minimum Gasteiger partial charge on any atom is -0.497 e. The van der Waals surface area contributed by atoms with Crippen LogP contribution in [0.1, 0.15) is 20.8 Å². The molecule has 2 aromatic rings. The number of nitrogens with zero attached hydrogens (tertiary/aromatic N) is 3. The summed E-state index contributed by atoms with van der Waals surface area (Å²) in [5.74, 6) is 1.87. The molecule has 0 aliphatic heterocycles. The number of benzene rings is 1. The molecule has 21 heavy (non-hydrogen) atoms. The number of ether oxygens (including phenoxy) is 2. The number of hydrogen-bond acceptors (Lipinski definition) is 6. The molecule has 0 amide bonds. The predicted octanol–water partition coefficient (Wildman–Crippen LogP) is 2.77. The van der Waals surface area contributed by atoms with Crippen molar-refractivity contribution < 1.29 is 9.47 Å². The molecule has 0 radical (unpaired) electrons. The predicted molar refractivity (Wildman–Crippen MR) is 81.7 cm³/mol. The Kier molecular flexibility index (Phi) is 4.92. The van der Waals surface area contributed by atoms with Crippen LogP contribution in [0.25, 0.3) is 11.4 Å². The van der Waals surface area contributed by atoms with Crippen LogP contribution < -0.4 is 14.8 Å². The van der Waals surface area contributed by atoms with E-state index in [4.69, 9.17) is 9.47 Å². The summed E-state index contributed by atoms with van der Waals surface area (Å²) in [5, 5.41) is 3.09. The average molecular weight is 288 g/mol. The van der Waals surface area contributed by atoms with Gasteiger partial charge in [-0.1, -0.05) is 0 Å². The standard InChI is InChI=1S/C15H20N4O2/c1-5-16-14-17-13(18-15(19-14)21-10(2)3)11-6-8-12(20-4)9-7-11/h6-10H,5H2,1-4H3,(H,16,17,18,19). The number of methoxy groups -OCH3 is 1. The van der Waals surface area contributed by atoms with Gasteiger partial charge in [0.2, 0.25) is 5.95 Å². The van der Waals surface area contributed by atoms with E-state index in [0.717, 1.165) is 17.9 Å². The highest BCUT2D eigenvalue weighted by Crippen LogP contribution is 2.22. The van der Waals surface area contributed by atoms with Gasteiger partial charge in [0.15, 0.2) is 5.82 Å². The van der Waals surface area contributed by atoms with E-state index in [9.17, 15) is 0 Å². The lowest BCUT2D eigenvalue weighted by molar-refractivity contribution is 0.222. The first kappa shape index (κ1) is 15.0. The second kappa shape index (κ2) is 6.88. The van der Waals surface area contributed by atoms with E-state index < -0.39 is 0 Å². The van der Waals surface area contributed by atoms with Gasteiger partial charge in [0, 0.05) is 12.1 Å². The maximum Gasteiger partial charge on any atom is 0.322 e. The molecule has 0 unspecified atom stereocenters. The topological polar surface area (TPSA) is 69.2 Å². The van der Waals surface area contributed by atoms with Crippen LogP contribution in [0.2, 0.25) is 0 Å². The largest absolute Gasteiger partial charge is 0.497 e. The van der Waals surface area contributed by atoms with Gasteiger partial charge < -0.3 is 14.8 Å². The van der Waals surface area contributed by atoms with Gasteiger partial charge in [0.25, 0.3) is 0 Å². The smallest absolute Gasteiger partial charge is 0.322 e. The van der Waals surface area contributed by atoms with Crippen LogP contribution in [-0.2, 0) is 0 Å². The SMILES string of the molecule is CCNc1nc(OC(C)C)nc(-c2ccc(OC)cc2)n1. The summed E-state index contributed by atoms with van der Waals surface area (Å²) in [5.41, 5.74) is 0.881. The molecule has 6 nitrogen and oxygen atoms in total. The molecule has 1 aromatic carbocycles. The Bertz CT molecular complexity index is 585. The fraction of sp³-hybridized carbons (Fsp3) is 0.400. The Morgan fingerprint density at radius 1 is 1.10 bits per heavy atom. The molecule has 0 aliphatic rings. The quantitative estimate of drug-likeness (QED) is 0.881. The molecule has 2 rings (SSSR count). The lowest BCUT2D eigenvalue weighted by Gasteiger charge is -2.11. The second-order valence-corrected chi connectivity index (χ2v) is 4.69. The molecule has 112 valence electrons. The van der Waals surface area contributed by atoms with Crippen molar-refractivity contribution in [2.75, 3.05) is 19.0 Å². The summed E-state index contributed by atoms with van der Waals surface area (Å²) in [4.78, 5) is 13.0. The first-order chi connectivity index (χ1) is 10.1. The van der Waals surface area contributed by atoms with E-state index in [1.807, 2.05) is 45.0 Å². The van der Waals surface area contributed by atoms with Crippen molar-refractivity contribution in [3.8, 4) is 23.1 Å². The highest BCUT2D eigenvalue weighted by molar-refractivity contribution is 5.57. The molecule has 0 aliphatic carbocycles. The molecule has 0 fully saturated rings. The maximum absolute atomic E-state index is 5.58. The zero-order valence-electron chi connectivity index (χ0n) is 12.8. The third-order valence-electron chi connectivity index (χ3n) is 2.64. The molecule has 0 saturated carbocycles. The van der Waals surface area contributed by atoms with Crippen LogP contribution in [0.5, 0.6) is 11.8 Å². The van der Waals surface area contributed by atoms with Gasteiger partial charge in [-0.05, 0) is 45.0 Å². The number of anilines is 1. The van der Waals surface area contributed by atoms with Crippen LogP contribution in [0.3, 0.4) is 0 Å². The molecule has 0 saturated heterocycles. The lowest BCUT2D eigenvalue weighted by atomic mass is 10.2. The number of aromatic nitrogens is 3. The van der Waals surface area contributed by atoms with Crippen molar-refractivity contribution >= 4 is 5.95 Å². The van der Waals surface area contributed by atoms with Gasteiger partial charge in [0.05, 0.1) is 13.2 Å². The van der Waals surface area contributed by atoms with Crippen LogP contribution in [0.4, 0.5) is 5.95 Å². The minimum absolute atomic E-state index is 0.00518. The summed E-state index contributed by atoms with van der Waals surface area (Å²) in [7, 11) is 1.63. The second-order valence-electron chi connectivity index (χ2n) is 4.69. The fourth-order valence-electron chi connectivity index (χ4n) is 1.73. The van der Waals surface area contributed by atoms with E-state index >= 15 is 0 Å². The number of rotatable bonds is 6.